The molecule has 1 aromatic rings. The monoisotopic (exact) mass is 253 g/mol. The van der Waals surface area contributed by atoms with Crippen LogP contribution in [0.3, 0.4) is 0 Å². The number of benzene rings is 1. The van der Waals surface area contributed by atoms with Gasteiger partial charge in [-0.15, -0.1) is 0 Å². The number of carbonyl (C=O) groups excluding carboxylic acids is 1. The van der Waals surface area contributed by atoms with E-state index in [2.05, 4.69) is 5.32 Å². The van der Waals surface area contributed by atoms with Gasteiger partial charge in [-0.05, 0) is 25.5 Å². The molecule has 7 nitrogen and oxygen atoms in total. The van der Waals surface area contributed by atoms with Crippen molar-refractivity contribution in [1.29, 1.82) is 0 Å². The number of ether oxygens (including phenoxy) is 1. The zero-order chi connectivity index (χ0) is 13.5. The highest BCUT2D eigenvalue weighted by Crippen LogP contribution is 2.22. The molecule has 0 aliphatic rings. The summed E-state index contributed by atoms with van der Waals surface area (Å²) in [7, 11) is 0. The Kier molecular flexibility index (Phi) is 4.91. The fourth-order valence-corrected chi connectivity index (χ4v) is 1.40. The molecule has 0 aliphatic heterocycles. The van der Waals surface area contributed by atoms with Crippen molar-refractivity contribution in [2.45, 2.75) is 13.3 Å². The van der Waals surface area contributed by atoms with Crippen LogP contribution in [0, 0.1) is 17.0 Å². The molecule has 0 atom stereocenters. The lowest BCUT2D eigenvalue weighted by molar-refractivity contribution is -0.385. The maximum absolute atomic E-state index is 10.6. The lowest BCUT2D eigenvalue weighted by atomic mass is 10.2. The van der Waals surface area contributed by atoms with Gasteiger partial charge in [0.15, 0.2) is 0 Å². The van der Waals surface area contributed by atoms with Gasteiger partial charge < -0.3 is 15.8 Å². The Hall–Kier alpha value is -2.31. The number of hydrogen-bond donors (Lipinski definition) is 2. The van der Waals surface area contributed by atoms with E-state index in [0.717, 1.165) is 0 Å². The van der Waals surface area contributed by atoms with E-state index in [1.165, 1.54) is 6.07 Å². The number of nitrogens with two attached hydrogens (primary N) is 1. The quantitative estimate of drug-likeness (QED) is 0.453. The van der Waals surface area contributed by atoms with E-state index >= 15 is 0 Å². The van der Waals surface area contributed by atoms with Crippen LogP contribution in [0.25, 0.3) is 0 Å². The van der Waals surface area contributed by atoms with E-state index in [4.69, 9.17) is 10.5 Å². The number of rotatable bonds is 6. The Morgan fingerprint density at radius 3 is 2.83 bits per heavy atom. The number of nitrogens with one attached hydrogen (secondary N) is 1. The van der Waals surface area contributed by atoms with Crippen LogP contribution in [0.4, 0.5) is 10.5 Å². The topological polar surface area (TPSA) is 107 Å². The number of nitrogens with zero attached hydrogens (tertiary/aromatic N) is 1. The van der Waals surface area contributed by atoms with Gasteiger partial charge in [0.05, 0.1) is 11.5 Å². The Balaban J connectivity index is 2.42. The molecular formula is C11H15N3O4. The summed E-state index contributed by atoms with van der Waals surface area (Å²) >= 11 is 0. The minimum absolute atomic E-state index is 0.0674. The fraction of sp³-hybridized carbons (Fsp3) is 0.364. The summed E-state index contributed by atoms with van der Waals surface area (Å²) in [5.41, 5.74) is 5.51. The molecule has 2 amide bonds. The van der Waals surface area contributed by atoms with Crippen molar-refractivity contribution in [3.05, 3.63) is 33.9 Å². The van der Waals surface area contributed by atoms with Crippen LogP contribution in [-0.4, -0.2) is 24.1 Å². The van der Waals surface area contributed by atoms with Gasteiger partial charge in [-0.25, -0.2) is 4.79 Å². The summed E-state index contributed by atoms with van der Waals surface area (Å²) in [5.74, 6) is 0.567. The summed E-state index contributed by atoms with van der Waals surface area (Å²) in [6, 6.07) is 4.00. The van der Waals surface area contributed by atoms with Gasteiger partial charge >= 0.3 is 6.03 Å². The van der Waals surface area contributed by atoms with E-state index in [1.807, 2.05) is 0 Å². The predicted molar refractivity (Wildman–Crippen MR) is 65.5 cm³/mol. The molecular weight excluding hydrogens is 238 g/mol. The molecule has 0 fully saturated rings. The van der Waals surface area contributed by atoms with Gasteiger partial charge in [-0.3, -0.25) is 10.1 Å². The highest BCUT2D eigenvalue weighted by atomic mass is 16.6. The van der Waals surface area contributed by atoms with E-state index in [-0.39, 0.29) is 5.69 Å². The number of urea groups is 1. The second-order valence-electron chi connectivity index (χ2n) is 3.70. The Morgan fingerprint density at radius 2 is 2.28 bits per heavy atom. The number of hydrogen-bond acceptors (Lipinski definition) is 4. The molecule has 0 heterocycles. The standard InChI is InChI=1S/C11H15N3O4/c1-8-7-9(3-4-10(8)14(16)17)18-6-2-5-13-11(12)15/h3-4,7H,2,5-6H2,1H3,(H3,12,13,15). The average molecular weight is 253 g/mol. The van der Waals surface area contributed by atoms with Crippen molar-refractivity contribution >= 4 is 11.7 Å². The summed E-state index contributed by atoms with van der Waals surface area (Å²) in [5, 5.41) is 13.0. The van der Waals surface area contributed by atoms with Gasteiger partial charge in [0.25, 0.3) is 5.69 Å². The highest BCUT2D eigenvalue weighted by molar-refractivity contribution is 5.71. The predicted octanol–water partition coefficient (Wildman–Crippen LogP) is 1.34. The molecule has 1 aromatic carbocycles. The van der Waals surface area contributed by atoms with Crippen LogP contribution in [0.1, 0.15) is 12.0 Å². The Morgan fingerprint density at radius 1 is 1.56 bits per heavy atom. The van der Waals surface area contributed by atoms with E-state index in [9.17, 15) is 14.9 Å². The van der Waals surface area contributed by atoms with E-state index < -0.39 is 11.0 Å². The van der Waals surface area contributed by atoms with Crippen LogP contribution < -0.4 is 15.8 Å². The molecule has 7 heteroatoms. The smallest absolute Gasteiger partial charge is 0.312 e. The molecule has 0 spiro atoms. The van der Waals surface area contributed by atoms with Gasteiger partial charge in [-0.1, -0.05) is 0 Å². The zero-order valence-corrected chi connectivity index (χ0v) is 10.0. The van der Waals surface area contributed by atoms with Gasteiger partial charge in [0.2, 0.25) is 0 Å². The number of nitro groups is 1. The van der Waals surface area contributed by atoms with Crippen molar-refractivity contribution in [3.63, 3.8) is 0 Å². The third-order valence-corrected chi connectivity index (χ3v) is 2.25. The number of carbonyl (C=O) groups is 1. The molecule has 0 saturated carbocycles. The average Bonchev–Trinajstić information content (AvgIpc) is 2.27. The van der Waals surface area contributed by atoms with Crippen LogP contribution >= 0.6 is 0 Å². The van der Waals surface area contributed by atoms with Crippen molar-refractivity contribution in [2.24, 2.45) is 5.73 Å². The summed E-state index contributed by atoms with van der Waals surface area (Å²) < 4.78 is 5.39. The maximum atomic E-state index is 10.6. The third kappa shape index (κ3) is 4.28. The maximum Gasteiger partial charge on any atom is 0.312 e. The SMILES string of the molecule is Cc1cc(OCCCNC(N)=O)ccc1[N+](=O)[O-]. The first kappa shape index (κ1) is 13.8. The summed E-state index contributed by atoms with van der Waals surface area (Å²) in [4.78, 5) is 20.6. The number of aryl methyl sites for hydroxylation is 1. The first-order chi connectivity index (χ1) is 8.50. The Bertz CT molecular complexity index is 448. The third-order valence-electron chi connectivity index (χ3n) is 2.25. The summed E-state index contributed by atoms with van der Waals surface area (Å²) in [6.07, 6.45) is 0.610. The van der Waals surface area contributed by atoms with Crippen molar-refractivity contribution < 1.29 is 14.5 Å². The molecule has 0 aromatic heterocycles. The first-order valence-corrected chi connectivity index (χ1v) is 5.42. The summed E-state index contributed by atoms with van der Waals surface area (Å²) in [6.45, 7) is 2.48. The highest BCUT2D eigenvalue weighted by Gasteiger charge is 2.10. The Labute approximate surface area is 104 Å². The van der Waals surface area contributed by atoms with Gasteiger partial charge in [0, 0.05) is 18.2 Å². The number of primary amides is 1. The molecule has 0 radical (unpaired) electrons. The van der Waals surface area contributed by atoms with Crippen LogP contribution in [-0.2, 0) is 0 Å². The molecule has 98 valence electrons. The van der Waals surface area contributed by atoms with Crippen LogP contribution in [0.15, 0.2) is 18.2 Å². The van der Waals surface area contributed by atoms with Crippen molar-refractivity contribution in [3.8, 4) is 5.75 Å². The molecule has 1 rings (SSSR count). The zero-order valence-electron chi connectivity index (χ0n) is 10.0. The van der Waals surface area contributed by atoms with Crippen LogP contribution in [0.5, 0.6) is 5.75 Å². The van der Waals surface area contributed by atoms with E-state index in [0.29, 0.717) is 30.9 Å². The molecule has 0 unspecified atom stereocenters. The minimum Gasteiger partial charge on any atom is -0.494 e. The molecule has 0 bridgehead atoms. The molecule has 18 heavy (non-hydrogen) atoms. The van der Waals surface area contributed by atoms with Gasteiger partial charge in [0.1, 0.15) is 5.75 Å². The van der Waals surface area contributed by atoms with Gasteiger partial charge in [-0.2, -0.15) is 0 Å². The molecule has 3 N–H and O–H groups in total. The molecule has 0 aliphatic carbocycles. The normalized spacial score (nSPS) is 9.83. The minimum atomic E-state index is -0.568. The fourth-order valence-electron chi connectivity index (χ4n) is 1.40. The van der Waals surface area contributed by atoms with Crippen molar-refractivity contribution in [2.75, 3.05) is 13.2 Å². The van der Waals surface area contributed by atoms with E-state index in [1.54, 1.807) is 19.1 Å². The number of nitro benzene ring substituents is 1. The van der Waals surface area contributed by atoms with Crippen LogP contribution in [0.2, 0.25) is 0 Å². The first-order valence-electron chi connectivity index (χ1n) is 5.42. The van der Waals surface area contributed by atoms with Crippen molar-refractivity contribution in [1.82, 2.24) is 5.32 Å². The second kappa shape index (κ2) is 6.43. The lowest BCUT2D eigenvalue weighted by Gasteiger charge is -2.07. The lowest BCUT2D eigenvalue weighted by Crippen LogP contribution is -2.30. The number of amides is 2. The molecule has 0 saturated heterocycles. The largest absolute Gasteiger partial charge is 0.494 e. The second-order valence-corrected chi connectivity index (χ2v) is 3.70.